The fourth-order valence-electron chi connectivity index (χ4n) is 8.49. The van der Waals surface area contributed by atoms with Crippen molar-refractivity contribution in [2.75, 3.05) is 43.2 Å². The lowest BCUT2D eigenvalue weighted by Crippen LogP contribution is -2.49. The number of hydrogen-bond donors (Lipinski definition) is 0. The zero-order valence-electron chi connectivity index (χ0n) is 27.9. The maximum atomic E-state index is 14.4. The normalized spacial score (nSPS) is 35.2. The fraction of sp³-hybridized carbons (Fsp3) is 0.579. The maximum Gasteiger partial charge on any atom is 0.285 e. The Bertz CT molecular complexity index is 1740. The number of allylic oxidation sites excluding steroid dienone is 1. The molecule has 1 amide bonds. The minimum atomic E-state index is -3.24. The van der Waals surface area contributed by atoms with Crippen molar-refractivity contribution in [1.82, 2.24) is 0 Å². The number of rotatable bonds is 5. The third-order valence-electron chi connectivity index (χ3n) is 11.3. The lowest BCUT2D eigenvalue weighted by molar-refractivity contribution is -0.117. The second kappa shape index (κ2) is 13.5. The largest absolute Gasteiger partial charge is 0.490 e. The highest BCUT2D eigenvalue weighted by Gasteiger charge is 2.44. The summed E-state index contributed by atoms with van der Waals surface area (Å²) in [7, 11) is -1.48. The first-order chi connectivity index (χ1) is 23.0. The summed E-state index contributed by atoms with van der Waals surface area (Å²) in [4.78, 5) is 29.2. The second-order valence-corrected chi connectivity index (χ2v) is 17.8. The lowest BCUT2D eigenvalue weighted by Gasteiger charge is -2.46. The van der Waals surface area contributed by atoms with Gasteiger partial charge in [0.2, 0.25) is 0 Å². The standard InChI is InChI=1S/C38H46ClFN2O5S/c1-24-5-3-7-35(46-2)31-11-8-27(31)19-42-22-38(14-4-6-25-15-29(39)10-12-32(25)38)23-47-36-13-9-26(18-34(36)42)37(44)41-48(45,20-24)21-30(43)16-28-17-33(28)40/h3,7,9-10,12-13,15,18,24,27-28,31,33,35H,4-6,8,11,14,16-17,19-23H2,1-2H3/b7-3+/t24-,27-,28-,31+,33+,35-,38-,48+/m0/s1. The molecule has 0 radical (unpaired) electrons. The van der Waals surface area contributed by atoms with Crippen LogP contribution in [0.1, 0.15) is 73.4 Å². The number of hydrogen-bond acceptors (Lipinski definition) is 6. The van der Waals surface area contributed by atoms with E-state index in [9.17, 15) is 18.2 Å². The number of halogens is 2. The number of amides is 1. The highest BCUT2D eigenvalue weighted by molar-refractivity contribution is 7.94. The van der Waals surface area contributed by atoms with Crippen molar-refractivity contribution in [1.29, 1.82) is 0 Å². The molecule has 0 saturated heterocycles. The van der Waals surface area contributed by atoms with Crippen molar-refractivity contribution < 1.29 is 27.7 Å². The minimum absolute atomic E-state index is 0.0381. The summed E-state index contributed by atoms with van der Waals surface area (Å²) in [5, 5.41) is 0.739. The van der Waals surface area contributed by atoms with Crippen molar-refractivity contribution in [3.63, 3.8) is 0 Å². The van der Waals surface area contributed by atoms with Crippen molar-refractivity contribution in [2.45, 2.75) is 76.0 Å². The highest BCUT2D eigenvalue weighted by atomic mass is 35.5. The van der Waals surface area contributed by atoms with E-state index in [1.807, 2.05) is 25.1 Å². The summed E-state index contributed by atoms with van der Waals surface area (Å²) in [6, 6.07) is 11.6. The molecule has 8 atom stereocenters. The molecule has 10 heteroatoms. The van der Waals surface area contributed by atoms with E-state index in [4.69, 9.17) is 21.1 Å². The summed E-state index contributed by atoms with van der Waals surface area (Å²) in [6.07, 6.45) is 9.36. The van der Waals surface area contributed by atoms with Crippen LogP contribution in [0.2, 0.25) is 5.02 Å². The molecule has 5 aliphatic rings. The highest BCUT2D eigenvalue weighted by Crippen LogP contribution is 2.47. The van der Waals surface area contributed by atoms with E-state index in [1.165, 1.54) is 11.1 Å². The van der Waals surface area contributed by atoms with Gasteiger partial charge in [-0.15, -0.1) is 0 Å². The van der Waals surface area contributed by atoms with E-state index in [2.05, 4.69) is 33.5 Å². The predicted octanol–water partition coefficient (Wildman–Crippen LogP) is 7.38. The molecule has 7 rings (SSSR count). The molecule has 2 heterocycles. The van der Waals surface area contributed by atoms with Crippen LogP contribution in [0.5, 0.6) is 5.75 Å². The van der Waals surface area contributed by atoms with Crippen LogP contribution < -0.4 is 9.64 Å². The molecule has 2 bridgehead atoms. The van der Waals surface area contributed by atoms with Crippen molar-refractivity contribution in [3.05, 3.63) is 70.3 Å². The number of Topliss-reactive ketones (excluding diaryl/α,β-unsaturated/α-hetero) is 1. The number of nitrogens with zero attached hydrogens (tertiary/aromatic N) is 2. The summed E-state index contributed by atoms with van der Waals surface area (Å²) in [5.41, 5.74) is 3.43. The second-order valence-electron chi connectivity index (χ2n) is 15.0. The first-order valence-corrected chi connectivity index (χ1v) is 19.7. The first-order valence-electron chi connectivity index (χ1n) is 17.5. The minimum Gasteiger partial charge on any atom is -0.490 e. The molecule has 2 aromatic carbocycles. The average Bonchev–Trinajstić information content (AvgIpc) is 3.75. The molecule has 258 valence electrons. The molecule has 1 spiro atoms. The number of fused-ring (bicyclic) bond motifs is 4. The van der Waals surface area contributed by atoms with Gasteiger partial charge >= 0.3 is 0 Å². The summed E-state index contributed by atoms with van der Waals surface area (Å²) < 4.78 is 44.9. The van der Waals surface area contributed by atoms with Crippen molar-refractivity contribution in [3.8, 4) is 5.75 Å². The van der Waals surface area contributed by atoms with Gasteiger partial charge in [-0.05, 0) is 110 Å². The number of benzene rings is 2. The third-order valence-corrected chi connectivity index (χ3v) is 13.9. The fourth-order valence-corrected chi connectivity index (χ4v) is 11.0. The average molecular weight is 697 g/mol. The van der Waals surface area contributed by atoms with Gasteiger partial charge in [0.15, 0.2) is 0 Å². The van der Waals surface area contributed by atoms with E-state index in [0.29, 0.717) is 42.6 Å². The smallest absolute Gasteiger partial charge is 0.285 e. The van der Waals surface area contributed by atoms with Gasteiger partial charge in [0.05, 0.1) is 33.9 Å². The molecular weight excluding hydrogens is 651 g/mol. The van der Waals surface area contributed by atoms with Crippen LogP contribution in [0.4, 0.5) is 10.1 Å². The van der Waals surface area contributed by atoms with Crippen LogP contribution in [0.25, 0.3) is 0 Å². The summed E-state index contributed by atoms with van der Waals surface area (Å²) >= 11 is 6.44. The molecule has 2 aliphatic heterocycles. The van der Waals surface area contributed by atoms with Crippen LogP contribution in [0, 0.1) is 23.7 Å². The molecule has 2 fully saturated rings. The van der Waals surface area contributed by atoms with Crippen LogP contribution in [0.3, 0.4) is 0 Å². The number of anilines is 1. The number of ether oxygens (including phenoxy) is 2. The number of methoxy groups -OCH3 is 1. The van der Waals surface area contributed by atoms with Gasteiger partial charge in [-0.1, -0.05) is 36.7 Å². The maximum absolute atomic E-state index is 14.4. The summed E-state index contributed by atoms with van der Waals surface area (Å²) in [6.45, 7) is 3.98. The predicted molar refractivity (Wildman–Crippen MR) is 187 cm³/mol. The Labute approximate surface area is 288 Å². The SMILES string of the molecule is CO[C@H]1/C=C/C[C@H](C)C[S@@](=O)(CC(=O)C[C@H]2C[C@H]2F)=NC(=O)c2ccc3c(c2)N(C[C@@H]2CC[C@H]21)C[C@@]1(CCCc2cc(Cl)ccc21)CO3. The Kier molecular flexibility index (Phi) is 9.50. The zero-order chi connectivity index (χ0) is 33.6. The van der Waals surface area contributed by atoms with E-state index in [0.717, 1.165) is 55.9 Å². The molecule has 48 heavy (non-hydrogen) atoms. The van der Waals surface area contributed by atoms with E-state index in [1.54, 1.807) is 13.2 Å². The van der Waals surface area contributed by atoms with Gasteiger partial charge < -0.3 is 14.4 Å². The molecule has 0 N–H and O–H groups in total. The molecular formula is C38H46ClFN2O5S. The Hall–Kier alpha value is -2.75. The number of alkyl halides is 1. The van der Waals surface area contributed by atoms with Gasteiger partial charge in [0, 0.05) is 48.4 Å². The van der Waals surface area contributed by atoms with Gasteiger partial charge in [-0.25, -0.2) is 8.60 Å². The van der Waals surface area contributed by atoms with E-state index < -0.39 is 21.8 Å². The van der Waals surface area contributed by atoms with Crippen LogP contribution in [-0.2, 0) is 31.1 Å². The topological polar surface area (TPSA) is 85.3 Å². The number of carbonyl (C=O) groups excluding carboxylic acids is 2. The van der Waals surface area contributed by atoms with Crippen molar-refractivity contribution >= 4 is 38.7 Å². The Morgan fingerprint density at radius 3 is 2.81 bits per heavy atom. The third kappa shape index (κ3) is 6.97. The van der Waals surface area contributed by atoms with E-state index >= 15 is 0 Å². The molecule has 7 nitrogen and oxygen atoms in total. The van der Waals surface area contributed by atoms with Crippen LogP contribution >= 0.6 is 11.6 Å². The van der Waals surface area contributed by atoms with Crippen LogP contribution in [0.15, 0.2) is 52.9 Å². The molecule has 0 unspecified atom stereocenters. The summed E-state index contributed by atoms with van der Waals surface area (Å²) in [5.74, 6) is -0.0790. The molecule has 2 saturated carbocycles. The van der Waals surface area contributed by atoms with Crippen molar-refractivity contribution in [2.24, 2.45) is 28.0 Å². The van der Waals surface area contributed by atoms with Gasteiger partial charge in [-0.3, -0.25) is 9.59 Å². The van der Waals surface area contributed by atoms with Gasteiger partial charge in [0.1, 0.15) is 17.7 Å². The molecule has 3 aliphatic carbocycles. The van der Waals surface area contributed by atoms with Crippen LogP contribution in [-0.4, -0.2) is 66.5 Å². The monoisotopic (exact) mass is 696 g/mol. The Morgan fingerprint density at radius 2 is 2.06 bits per heavy atom. The molecule has 2 aromatic rings. The number of ketones is 1. The Balaban J connectivity index is 1.28. The van der Waals surface area contributed by atoms with Gasteiger partial charge in [-0.2, -0.15) is 4.36 Å². The van der Waals surface area contributed by atoms with E-state index in [-0.39, 0.29) is 47.1 Å². The Morgan fingerprint density at radius 1 is 1.23 bits per heavy atom. The quantitative estimate of drug-likeness (QED) is 0.304. The number of aryl methyl sites for hydroxylation is 1. The van der Waals surface area contributed by atoms with Gasteiger partial charge in [0.25, 0.3) is 5.91 Å². The number of carbonyl (C=O) groups is 2. The zero-order valence-corrected chi connectivity index (χ0v) is 29.4. The molecule has 0 aromatic heterocycles. The lowest BCUT2D eigenvalue weighted by atomic mass is 9.68. The first kappa shape index (κ1) is 33.7.